The Hall–Kier alpha value is -4.35. The zero-order chi connectivity index (χ0) is 22.8. The van der Waals surface area contributed by atoms with Gasteiger partial charge in [0.15, 0.2) is 0 Å². The van der Waals surface area contributed by atoms with Crippen molar-refractivity contribution < 1.29 is 19.2 Å². The Bertz CT molecular complexity index is 1920. The van der Waals surface area contributed by atoms with Crippen molar-refractivity contribution in [3.8, 4) is 6.07 Å². The molecule has 0 atom stereocenters. The van der Waals surface area contributed by atoms with Gasteiger partial charge in [-0.2, -0.15) is 5.26 Å². The maximum absolute atomic E-state index is 12.7. The number of fused-ring (bicyclic) bond motifs is 2. The van der Waals surface area contributed by atoms with Gasteiger partial charge in [-0.3, -0.25) is 29.8 Å². The average molecular weight is 494 g/mol. The lowest BCUT2D eigenvalue weighted by Gasteiger charge is -2.24. The van der Waals surface area contributed by atoms with E-state index in [1.807, 2.05) is 0 Å². The minimum absolute atomic E-state index is 0.265. The van der Waals surface area contributed by atoms with E-state index in [2.05, 4.69) is 32.6 Å². The maximum atomic E-state index is 12.7. The highest BCUT2D eigenvalue weighted by Gasteiger charge is 2.32. The zero-order valence-corrected chi connectivity index (χ0v) is 18.0. The minimum atomic E-state index is -0.551. The Kier molecular flexibility index (Phi) is 3.16. The Labute approximate surface area is 192 Å². The molecular weight excluding hydrogens is 486 g/mol. The van der Waals surface area contributed by atoms with E-state index in [-0.39, 0.29) is 11.1 Å². The lowest BCUT2D eigenvalue weighted by atomic mass is 9.81. The van der Waals surface area contributed by atoms with Crippen LogP contribution in [0.4, 0.5) is 0 Å². The van der Waals surface area contributed by atoms with Crippen molar-refractivity contribution >= 4 is 82.6 Å². The summed E-state index contributed by atoms with van der Waals surface area (Å²) in [5, 5.41) is 19.7. The quantitative estimate of drug-likeness (QED) is 0.191. The van der Waals surface area contributed by atoms with Crippen molar-refractivity contribution in [2.45, 2.75) is 0 Å². The van der Waals surface area contributed by atoms with Crippen LogP contribution in [-0.2, 0) is 0 Å². The molecule has 0 fully saturated rings. The second kappa shape index (κ2) is 5.71. The number of hydrogen-bond donors (Lipinski definition) is 2. The van der Waals surface area contributed by atoms with E-state index in [0.29, 0.717) is 58.9 Å². The van der Waals surface area contributed by atoms with E-state index in [0.717, 1.165) is 5.39 Å². The van der Waals surface area contributed by atoms with Crippen LogP contribution in [0.3, 0.4) is 0 Å². The lowest BCUT2D eigenvalue weighted by Crippen LogP contribution is -2.35. The molecule has 2 aliphatic heterocycles. The van der Waals surface area contributed by atoms with E-state index >= 15 is 0 Å². The fourth-order valence-corrected chi connectivity index (χ4v) is 6.00. The van der Waals surface area contributed by atoms with Crippen LogP contribution in [0.5, 0.6) is 0 Å². The Morgan fingerprint density at radius 2 is 1.09 bits per heavy atom. The largest absolute Gasteiger partial charge is 0.288 e. The second-order valence-corrected chi connectivity index (χ2v) is 8.98. The number of nitrogens with one attached hydrogen (secondary N) is 2. The molecule has 154 valence electrons. The first kappa shape index (κ1) is 18.2. The number of rotatable bonds is 0. The Morgan fingerprint density at radius 3 is 1.67 bits per heavy atom. The lowest BCUT2D eigenvalue weighted by molar-refractivity contribution is 0.0828. The molecule has 5 aromatic carbocycles. The first-order valence-electron chi connectivity index (χ1n) is 9.96. The van der Waals surface area contributed by atoms with Gasteiger partial charge in [0.25, 0.3) is 23.6 Å². The monoisotopic (exact) mass is 493 g/mol. The second-order valence-electron chi connectivity index (χ2n) is 8.13. The third-order valence-corrected chi connectivity index (χ3v) is 7.23. The standard InChI is InChI=1S/C25H8BrN3O4/c26-15-6-14-18-12(23(31)29-25(14)33)3-1-9-16-8(7-27)5-13-17-11(22(30)28-24(13)32)4-2-10(20(16)17)19(15)21(9)18/h1-6H,(H,28,30,32)(H,29,31,33). The van der Waals surface area contributed by atoms with Gasteiger partial charge in [-0.1, -0.05) is 28.1 Å². The van der Waals surface area contributed by atoms with E-state index in [9.17, 15) is 24.4 Å². The average Bonchev–Trinajstić information content (AvgIpc) is 2.80. The van der Waals surface area contributed by atoms with Crippen molar-refractivity contribution in [2.75, 3.05) is 0 Å². The van der Waals surface area contributed by atoms with E-state index in [1.165, 1.54) is 6.07 Å². The highest BCUT2D eigenvalue weighted by atomic mass is 79.9. The maximum Gasteiger partial charge on any atom is 0.258 e. The molecule has 2 aliphatic rings. The van der Waals surface area contributed by atoms with Gasteiger partial charge < -0.3 is 0 Å². The summed E-state index contributed by atoms with van der Waals surface area (Å²) in [7, 11) is 0. The van der Waals surface area contributed by atoms with Crippen LogP contribution in [-0.4, -0.2) is 23.6 Å². The van der Waals surface area contributed by atoms with Crippen LogP contribution in [0.25, 0.3) is 43.1 Å². The third kappa shape index (κ3) is 1.99. The van der Waals surface area contributed by atoms with Gasteiger partial charge in [-0.15, -0.1) is 0 Å². The van der Waals surface area contributed by atoms with Crippen molar-refractivity contribution in [2.24, 2.45) is 0 Å². The SMILES string of the molecule is N#Cc1cc2c3c(ccc4c5c(Br)cc6c7c(ccc(c1c34)c75)C(=O)NC6=O)C(=O)NC2=O. The molecule has 0 unspecified atom stereocenters. The molecule has 0 spiro atoms. The predicted octanol–water partition coefficient (Wildman–Crippen LogP) is 4.14. The number of nitriles is 1. The number of halogens is 1. The van der Waals surface area contributed by atoms with Crippen LogP contribution in [0, 0.1) is 11.3 Å². The molecule has 8 heteroatoms. The Balaban J connectivity index is 1.89. The molecular formula is C25H8BrN3O4. The normalized spacial score (nSPS) is 14.9. The highest BCUT2D eigenvalue weighted by molar-refractivity contribution is 9.10. The molecule has 0 saturated heterocycles. The number of amides is 4. The summed E-state index contributed by atoms with van der Waals surface area (Å²) in [6.45, 7) is 0. The molecule has 7 rings (SSSR count). The zero-order valence-electron chi connectivity index (χ0n) is 16.4. The number of nitrogens with zero attached hydrogens (tertiary/aromatic N) is 1. The predicted molar refractivity (Wildman–Crippen MR) is 124 cm³/mol. The summed E-state index contributed by atoms with van der Waals surface area (Å²) in [4.78, 5) is 50.5. The molecule has 2 heterocycles. The Morgan fingerprint density at radius 1 is 0.606 bits per heavy atom. The number of carbonyl (C=O) groups excluding carboxylic acids is 4. The van der Waals surface area contributed by atoms with Crippen LogP contribution in [0.1, 0.15) is 47.0 Å². The van der Waals surface area contributed by atoms with Gasteiger partial charge in [0.1, 0.15) is 0 Å². The number of carbonyl (C=O) groups is 4. The molecule has 5 aromatic rings. The molecule has 0 bridgehead atoms. The smallest absolute Gasteiger partial charge is 0.258 e. The van der Waals surface area contributed by atoms with Crippen LogP contribution < -0.4 is 10.6 Å². The van der Waals surface area contributed by atoms with Gasteiger partial charge in [-0.05, 0) is 35.0 Å². The highest BCUT2D eigenvalue weighted by Crippen LogP contribution is 2.48. The van der Waals surface area contributed by atoms with Crippen molar-refractivity contribution in [3.63, 3.8) is 0 Å². The molecule has 0 radical (unpaired) electrons. The molecule has 0 saturated carbocycles. The summed E-state index contributed by atoms with van der Waals surface area (Å²) in [5.41, 5.74) is 1.63. The van der Waals surface area contributed by atoms with E-state index < -0.39 is 23.6 Å². The summed E-state index contributed by atoms with van der Waals surface area (Å²) in [6, 6.07) is 12.2. The van der Waals surface area contributed by atoms with Crippen molar-refractivity contribution in [1.29, 1.82) is 5.26 Å². The van der Waals surface area contributed by atoms with Crippen molar-refractivity contribution in [3.05, 3.63) is 68.7 Å². The molecule has 4 amide bonds. The first-order chi connectivity index (χ1) is 15.9. The fraction of sp³-hybridized carbons (Fsp3) is 0. The third-order valence-electron chi connectivity index (χ3n) is 6.61. The van der Waals surface area contributed by atoms with Gasteiger partial charge in [0.05, 0.1) is 11.6 Å². The van der Waals surface area contributed by atoms with Gasteiger partial charge in [0.2, 0.25) is 0 Å². The number of imide groups is 2. The number of benzene rings is 5. The molecule has 2 N–H and O–H groups in total. The van der Waals surface area contributed by atoms with Crippen LogP contribution >= 0.6 is 15.9 Å². The summed E-state index contributed by atoms with van der Waals surface area (Å²) < 4.78 is 0.629. The minimum Gasteiger partial charge on any atom is -0.288 e. The summed E-state index contributed by atoms with van der Waals surface area (Å²) in [6.07, 6.45) is 0. The number of hydrogen-bond acceptors (Lipinski definition) is 5. The van der Waals surface area contributed by atoms with Gasteiger partial charge >= 0.3 is 0 Å². The van der Waals surface area contributed by atoms with Crippen LogP contribution in [0.15, 0.2) is 40.9 Å². The molecule has 33 heavy (non-hydrogen) atoms. The van der Waals surface area contributed by atoms with Crippen LogP contribution in [0.2, 0.25) is 0 Å². The van der Waals surface area contributed by atoms with Gasteiger partial charge in [0, 0.05) is 59.0 Å². The van der Waals surface area contributed by atoms with E-state index in [1.54, 1.807) is 30.3 Å². The molecule has 7 nitrogen and oxygen atoms in total. The first-order valence-corrected chi connectivity index (χ1v) is 10.7. The fourth-order valence-electron chi connectivity index (χ4n) is 5.36. The molecule has 0 aliphatic carbocycles. The van der Waals surface area contributed by atoms with Crippen molar-refractivity contribution in [1.82, 2.24) is 10.6 Å². The topological polar surface area (TPSA) is 116 Å². The van der Waals surface area contributed by atoms with Gasteiger partial charge in [-0.25, -0.2) is 0 Å². The summed E-state index contributed by atoms with van der Waals surface area (Å²) >= 11 is 3.60. The summed E-state index contributed by atoms with van der Waals surface area (Å²) in [5.74, 6) is -2.01. The molecule has 0 aromatic heterocycles. The van der Waals surface area contributed by atoms with E-state index in [4.69, 9.17) is 0 Å².